The van der Waals surface area contributed by atoms with Crippen LogP contribution in [-0.2, 0) is 10.3 Å². The molecule has 140 valence electrons. The summed E-state index contributed by atoms with van der Waals surface area (Å²) < 4.78 is 13.6. The summed E-state index contributed by atoms with van der Waals surface area (Å²) >= 11 is 7.73. The molecule has 27 heavy (non-hydrogen) atoms. The number of nitrogens with two attached hydrogens (primary N) is 1. The molecule has 2 aromatic rings. The van der Waals surface area contributed by atoms with Gasteiger partial charge in [0.2, 0.25) is 0 Å². The molecule has 0 aromatic heterocycles. The van der Waals surface area contributed by atoms with Crippen LogP contribution in [0.4, 0.5) is 4.39 Å². The SMILES string of the molecule is CN1C(=O)C2(CC(C)(C)Sc3ccc(-c4cc(F)cc(Cl)c4)cc32)N=C1N. The predicted molar refractivity (Wildman–Crippen MR) is 107 cm³/mol. The van der Waals surface area contributed by atoms with Crippen LogP contribution in [0.15, 0.2) is 46.3 Å². The molecule has 0 saturated carbocycles. The number of benzene rings is 2. The maximum absolute atomic E-state index is 13.8. The Bertz CT molecular complexity index is 986. The van der Waals surface area contributed by atoms with Crippen molar-refractivity contribution < 1.29 is 9.18 Å². The van der Waals surface area contributed by atoms with Gasteiger partial charge >= 0.3 is 0 Å². The highest BCUT2D eigenvalue weighted by Gasteiger charge is 2.54. The van der Waals surface area contributed by atoms with Gasteiger partial charge in [-0.15, -0.1) is 11.8 Å². The van der Waals surface area contributed by atoms with Crippen LogP contribution in [0.25, 0.3) is 11.1 Å². The van der Waals surface area contributed by atoms with E-state index in [9.17, 15) is 9.18 Å². The summed E-state index contributed by atoms with van der Waals surface area (Å²) in [6.07, 6.45) is 0.537. The summed E-state index contributed by atoms with van der Waals surface area (Å²) in [5.74, 6) is -0.323. The first-order valence-corrected chi connectivity index (χ1v) is 9.74. The van der Waals surface area contributed by atoms with Crippen molar-refractivity contribution in [1.82, 2.24) is 4.90 Å². The molecule has 0 saturated heterocycles. The zero-order valence-corrected chi connectivity index (χ0v) is 16.8. The third-order valence-corrected chi connectivity index (χ3v) is 6.49. The second kappa shape index (κ2) is 5.97. The van der Waals surface area contributed by atoms with Crippen molar-refractivity contribution in [1.29, 1.82) is 0 Å². The van der Waals surface area contributed by atoms with E-state index in [1.165, 1.54) is 17.0 Å². The fraction of sp³-hybridized carbons (Fsp3) is 0.300. The molecule has 0 fully saturated rings. The fourth-order valence-electron chi connectivity index (χ4n) is 3.88. The van der Waals surface area contributed by atoms with Crippen molar-refractivity contribution in [3.8, 4) is 11.1 Å². The van der Waals surface area contributed by atoms with E-state index < -0.39 is 11.4 Å². The Morgan fingerprint density at radius 1 is 1.22 bits per heavy atom. The summed E-state index contributed by atoms with van der Waals surface area (Å²) in [7, 11) is 1.64. The topological polar surface area (TPSA) is 58.7 Å². The van der Waals surface area contributed by atoms with Crippen LogP contribution >= 0.6 is 23.4 Å². The Kier molecular flexibility index (Phi) is 4.05. The Labute approximate surface area is 166 Å². The number of rotatable bonds is 1. The Hall–Kier alpha value is -2.05. The number of guanidine groups is 1. The Morgan fingerprint density at radius 3 is 2.59 bits per heavy atom. The Balaban J connectivity index is 1.93. The minimum absolute atomic E-state index is 0.135. The van der Waals surface area contributed by atoms with E-state index in [0.717, 1.165) is 16.0 Å². The summed E-state index contributed by atoms with van der Waals surface area (Å²) in [6.45, 7) is 4.19. The number of carbonyl (C=O) groups is 1. The standard InChI is InChI=1S/C20H19ClFN3OS/c1-19(2)10-20(17(26)25(3)18(23)24-20)15-8-11(4-5-16(15)27-19)12-6-13(21)9-14(22)7-12/h4-9H,10H2,1-3H3,(H2,23,24). The van der Waals surface area contributed by atoms with Crippen molar-refractivity contribution in [2.45, 2.75) is 35.4 Å². The second-order valence-electron chi connectivity index (χ2n) is 7.60. The first-order valence-electron chi connectivity index (χ1n) is 8.55. The second-order valence-corrected chi connectivity index (χ2v) is 9.79. The number of aliphatic imine (C=N–C) groups is 1. The van der Waals surface area contributed by atoms with Crippen LogP contribution in [0.3, 0.4) is 0 Å². The molecule has 0 radical (unpaired) electrons. The molecule has 1 amide bonds. The van der Waals surface area contributed by atoms with E-state index in [0.29, 0.717) is 17.0 Å². The molecular formula is C20H19ClFN3OS. The molecule has 2 aromatic carbocycles. The van der Waals surface area contributed by atoms with Crippen LogP contribution in [0.2, 0.25) is 5.02 Å². The summed E-state index contributed by atoms with van der Waals surface area (Å²) in [4.78, 5) is 20.1. The van der Waals surface area contributed by atoms with E-state index in [-0.39, 0.29) is 16.6 Å². The van der Waals surface area contributed by atoms with E-state index in [2.05, 4.69) is 18.8 Å². The average molecular weight is 404 g/mol. The first-order chi connectivity index (χ1) is 12.6. The number of hydrogen-bond donors (Lipinski definition) is 1. The lowest BCUT2D eigenvalue weighted by molar-refractivity contribution is -0.131. The van der Waals surface area contributed by atoms with Crippen LogP contribution in [0.1, 0.15) is 25.8 Å². The van der Waals surface area contributed by atoms with Gasteiger partial charge in [-0.05, 0) is 41.5 Å². The van der Waals surface area contributed by atoms with Gasteiger partial charge in [0.15, 0.2) is 11.5 Å². The molecule has 4 rings (SSSR count). The maximum Gasteiger partial charge on any atom is 0.261 e. The van der Waals surface area contributed by atoms with Gasteiger partial charge in [-0.3, -0.25) is 9.69 Å². The maximum atomic E-state index is 13.8. The number of fused-ring (bicyclic) bond motifs is 2. The largest absolute Gasteiger partial charge is 0.369 e. The van der Waals surface area contributed by atoms with Crippen LogP contribution in [0.5, 0.6) is 0 Å². The summed E-state index contributed by atoms with van der Waals surface area (Å²) in [5.41, 5.74) is 7.19. The minimum Gasteiger partial charge on any atom is -0.369 e. The van der Waals surface area contributed by atoms with Gasteiger partial charge in [0.05, 0.1) is 0 Å². The lowest BCUT2D eigenvalue weighted by atomic mass is 9.80. The van der Waals surface area contributed by atoms with Crippen molar-refractivity contribution in [2.24, 2.45) is 10.7 Å². The number of amides is 1. The van der Waals surface area contributed by atoms with Crippen LogP contribution in [0, 0.1) is 5.82 Å². The molecule has 0 aliphatic carbocycles. The van der Waals surface area contributed by atoms with E-state index in [4.69, 9.17) is 17.3 Å². The number of hydrogen-bond acceptors (Lipinski definition) is 4. The van der Waals surface area contributed by atoms with Crippen LogP contribution in [-0.4, -0.2) is 28.6 Å². The summed E-state index contributed by atoms with van der Waals surface area (Å²) in [6, 6.07) is 10.2. The van der Waals surface area contributed by atoms with Crippen LogP contribution < -0.4 is 5.73 Å². The van der Waals surface area contributed by atoms with Gasteiger partial charge in [0.1, 0.15) is 5.82 Å². The molecule has 1 spiro atoms. The average Bonchev–Trinajstić information content (AvgIpc) is 2.77. The molecule has 4 nitrogen and oxygen atoms in total. The van der Waals surface area contributed by atoms with Crippen molar-refractivity contribution in [3.63, 3.8) is 0 Å². The molecule has 2 aliphatic rings. The number of halogens is 2. The quantitative estimate of drug-likeness (QED) is 0.767. The highest BCUT2D eigenvalue weighted by Crippen LogP contribution is 2.54. The zero-order chi connectivity index (χ0) is 19.6. The van der Waals surface area contributed by atoms with Crippen molar-refractivity contribution in [3.05, 3.63) is 52.8 Å². The van der Waals surface area contributed by atoms with Gasteiger partial charge < -0.3 is 5.73 Å². The van der Waals surface area contributed by atoms with Gasteiger partial charge in [0.25, 0.3) is 5.91 Å². The van der Waals surface area contributed by atoms with Crippen molar-refractivity contribution in [2.75, 3.05) is 7.05 Å². The highest BCUT2D eigenvalue weighted by atomic mass is 35.5. The zero-order valence-electron chi connectivity index (χ0n) is 15.2. The lowest BCUT2D eigenvalue weighted by Crippen LogP contribution is -2.45. The normalized spacial score (nSPS) is 23.5. The molecule has 1 unspecified atom stereocenters. The molecule has 7 heteroatoms. The smallest absolute Gasteiger partial charge is 0.261 e. The fourth-order valence-corrected chi connectivity index (χ4v) is 5.45. The van der Waals surface area contributed by atoms with E-state index in [1.807, 2.05) is 18.2 Å². The van der Waals surface area contributed by atoms with Gasteiger partial charge in [-0.25, -0.2) is 9.38 Å². The number of carbonyl (C=O) groups excluding carboxylic acids is 1. The third-order valence-electron chi connectivity index (χ3n) is 5.00. The Morgan fingerprint density at radius 2 is 1.96 bits per heavy atom. The molecule has 1 atom stereocenters. The number of likely N-dealkylation sites (N-methyl/N-ethyl adjacent to an activating group) is 1. The monoisotopic (exact) mass is 403 g/mol. The van der Waals surface area contributed by atoms with Crippen molar-refractivity contribution >= 4 is 35.2 Å². The number of nitrogens with zero attached hydrogens (tertiary/aromatic N) is 2. The first kappa shape index (κ1) is 18.3. The highest BCUT2D eigenvalue weighted by molar-refractivity contribution is 8.00. The van der Waals surface area contributed by atoms with Gasteiger partial charge in [-0.1, -0.05) is 31.5 Å². The molecule has 0 bridgehead atoms. The minimum atomic E-state index is -1.05. The van der Waals surface area contributed by atoms with Gasteiger partial charge in [0, 0.05) is 33.7 Å². The molecular weight excluding hydrogens is 385 g/mol. The molecule has 2 N–H and O–H groups in total. The lowest BCUT2D eigenvalue weighted by Gasteiger charge is -2.40. The van der Waals surface area contributed by atoms with E-state index >= 15 is 0 Å². The third kappa shape index (κ3) is 2.91. The summed E-state index contributed by atoms with van der Waals surface area (Å²) in [5, 5.41) is 0.326. The predicted octanol–water partition coefficient (Wildman–Crippen LogP) is 4.40. The number of thioether (sulfide) groups is 1. The molecule has 2 aliphatic heterocycles. The van der Waals surface area contributed by atoms with E-state index in [1.54, 1.807) is 24.9 Å². The van der Waals surface area contributed by atoms with Gasteiger partial charge in [-0.2, -0.15) is 0 Å². The molecule has 2 heterocycles.